The number of alkyl halides is 3. The van der Waals surface area contributed by atoms with Crippen LogP contribution in [0.5, 0.6) is 0 Å². The van der Waals surface area contributed by atoms with Gasteiger partial charge in [0.05, 0.1) is 17.4 Å². The van der Waals surface area contributed by atoms with E-state index in [0.29, 0.717) is 48.8 Å². The number of rotatable bonds is 5. The summed E-state index contributed by atoms with van der Waals surface area (Å²) in [7, 11) is 1.73. The maximum Gasteiger partial charge on any atom is 0.418 e. The molecule has 1 fully saturated rings. The highest BCUT2D eigenvalue weighted by Gasteiger charge is 2.38. The number of halogens is 3. The molecule has 3 aromatic heterocycles. The van der Waals surface area contributed by atoms with Gasteiger partial charge in [0.25, 0.3) is 0 Å². The first-order chi connectivity index (χ1) is 20.0. The van der Waals surface area contributed by atoms with Crippen molar-refractivity contribution in [3.63, 3.8) is 0 Å². The molecule has 1 saturated heterocycles. The fourth-order valence-corrected chi connectivity index (χ4v) is 6.40. The Balaban J connectivity index is 1.51. The fraction of sp³-hybridized carbons (Fsp3) is 0.469. The molecule has 0 saturated carbocycles. The molecular weight excluding hydrogens is 541 g/mol. The molecule has 2 aliphatic heterocycles. The van der Waals surface area contributed by atoms with E-state index in [1.54, 1.807) is 19.4 Å². The monoisotopic (exact) mass is 578 g/mol. The van der Waals surface area contributed by atoms with Crippen molar-refractivity contribution in [1.82, 2.24) is 19.9 Å². The van der Waals surface area contributed by atoms with Crippen LogP contribution < -0.4 is 9.80 Å². The van der Waals surface area contributed by atoms with Crippen LogP contribution in [0.3, 0.4) is 0 Å². The predicted molar refractivity (Wildman–Crippen MR) is 159 cm³/mol. The number of H-pyrrole nitrogens is 1. The summed E-state index contributed by atoms with van der Waals surface area (Å²) in [6, 6.07) is 8.33. The molecule has 0 unspecified atom stereocenters. The van der Waals surface area contributed by atoms with Gasteiger partial charge in [-0.3, -0.25) is 0 Å². The molecule has 5 heterocycles. The normalized spacial score (nSPS) is 19.5. The minimum absolute atomic E-state index is 0.0276. The molecule has 0 amide bonds. The van der Waals surface area contributed by atoms with Crippen LogP contribution in [0.4, 0.5) is 24.7 Å². The van der Waals surface area contributed by atoms with Crippen LogP contribution in [0.15, 0.2) is 36.7 Å². The Kier molecular flexibility index (Phi) is 7.37. The molecule has 1 N–H and O–H groups in total. The maximum absolute atomic E-state index is 14.3. The summed E-state index contributed by atoms with van der Waals surface area (Å²) in [6.07, 6.45) is 0.262. The lowest BCUT2D eigenvalue weighted by molar-refractivity contribution is -0.137. The fourth-order valence-electron chi connectivity index (χ4n) is 6.40. The van der Waals surface area contributed by atoms with Crippen molar-refractivity contribution < 1.29 is 17.9 Å². The number of piperidine rings is 1. The molecule has 7 nitrogen and oxygen atoms in total. The summed E-state index contributed by atoms with van der Waals surface area (Å²) in [5.74, 6) is 1.21. The Morgan fingerprint density at radius 2 is 1.93 bits per heavy atom. The highest BCUT2D eigenvalue weighted by atomic mass is 19.4. The number of aromatic nitrogens is 4. The van der Waals surface area contributed by atoms with E-state index in [1.807, 2.05) is 0 Å². The van der Waals surface area contributed by atoms with E-state index in [2.05, 4.69) is 65.7 Å². The van der Waals surface area contributed by atoms with Gasteiger partial charge in [-0.05, 0) is 55.9 Å². The second kappa shape index (κ2) is 10.9. The minimum atomic E-state index is -4.60. The standard InChI is InChI=1S/C32H37F3N6O/c1-18(2)21-7-6-19(3)27(15-21)40-12-10-26-24(17-40)31(41-13-9-22(42-5)14-20(41)4)39-30(38-26)28-23-8-11-36-29(23)37-16-25(28)32(33,34)35/h6-8,11,15-16,18,20,22H,9-10,12-14,17H2,1-5H3,(H,36,37)/t20-,22-/m1/s1. The number of methoxy groups -OCH3 is 1. The van der Waals surface area contributed by atoms with Gasteiger partial charge in [0.2, 0.25) is 0 Å². The molecule has 0 spiro atoms. The lowest BCUT2D eigenvalue weighted by atomic mass is 9.96. The van der Waals surface area contributed by atoms with Crippen molar-refractivity contribution in [3.8, 4) is 11.4 Å². The number of benzene rings is 1. The predicted octanol–water partition coefficient (Wildman–Crippen LogP) is 7.04. The van der Waals surface area contributed by atoms with Gasteiger partial charge in [0.15, 0.2) is 5.82 Å². The largest absolute Gasteiger partial charge is 0.418 e. The Labute approximate surface area is 244 Å². The number of hydrogen-bond acceptors (Lipinski definition) is 6. The molecule has 0 aliphatic carbocycles. The minimum Gasteiger partial charge on any atom is -0.381 e. The van der Waals surface area contributed by atoms with Crippen LogP contribution in [0.2, 0.25) is 0 Å². The third-order valence-electron chi connectivity index (χ3n) is 8.83. The quantitative estimate of drug-likeness (QED) is 0.274. The molecule has 0 bridgehead atoms. The van der Waals surface area contributed by atoms with Gasteiger partial charge < -0.3 is 19.5 Å². The van der Waals surface area contributed by atoms with Crippen molar-refractivity contribution >= 4 is 22.5 Å². The van der Waals surface area contributed by atoms with E-state index in [1.165, 1.54) is 16.8 Å². The SMILES string of the molecule is CO[C@@H]1CCN(c2nc(-c3c(C(F)(F)F)cnc4[nH]ccc34)nc3c2CN(c2cc(C(C)C)ccc2C)CC3)[C@H](C)C1. The van der Waals surface area contributed by atoms with Crippen molar-refractivity contribution in [2.45, 2.75) is 77.7 Å². The molecule has 1 aromatic carbocycles. The van der Waals surface area contributed by atoms with Gasteiger partial charge in [0, 0.05) is 73.8 Å². The smallest absolute Gasteiger partial charge is 0.381 e. The van der Waals surface area contributed by atoms with Crippen LogP contribution in [0.1, 0.15) is 67.5 Å². The maximum atomic E-state index is 14.3. The number of nitrogens with one attached hydrogen (secondary N) is 1. The van der Waals surface area contributed by atoms with Crippen LogP contribution >= 0.6 is 0 Å². The molecule has 222 valence electrons. The van der Waals surface area contributed by atoms with Crippen LogP contribution in [-0.4, -0.2) is 52.3 Å². The van der Waals surface area contributed by atoms with Gasteiger partial charge in [-0.2, -0.15) is 13.2 Å². The molecule has 42 heavy (non-hydrogen) atoms. The zero-order valence-corrected chi connectivity index (χ0v) is 24.7. The highest BCUT2D eigenvalue weighted by molar-refractivity contribution is 5.93. The summed E-state index contributed by atoms with van der Waals surface area (Å²) < 4.78 is 48.7. The third-order valence-corrected chi connectivity index (χ3v) is 8.83. The first kappa shape index (κ1) is 28.5. The molecule has 2 aliphatic rings. The summed E-state index contributed by atoms with van der Waals surface area (Å²) in [6.45, 7) is 10.6. The van der Waals surface area contributed by atoms with Crippen molar-refractivity contribution in [2.24, 2.45) is 0 Å². The van der Waals surface area contributed by atoms with E-state index in [-0.39, 0.29) is 23.5 Å². The van der Waals surface area contributed by atoms with Gasteiger partial charge in [-0.25, -0.2) is 15.0 Å². The number of anilines is 2. The van der Waals surface area contributed by atoms with E-state index >= 15 is 0 Å². The van der Waals surface area contributed by atoms with Gasteiger partial charge in [0.1, 0.15) is 11.5 Å². The van der Waals surface area contributed by atoms with Gasteiger partial charge >= 0.3 is 6.18 Å². The number of fused-ring (bicyclic) bond motifs is 2. The Morgan fingerprint density at radius 1 is 1.12 bits per heavy atom. The number of pyridine rings is 1. The number of aryl methyl sites for hydroxylation is 1. The van der Waals surface area contributed by atoms with Crippen molar-refractivity contribution in [1.29, 1.82) is 0 Å². The molecule has 0 radical (unpaired) electrons. The summed E-state index contributed by atoms with van der Waals surface area (Å²) in [4.78, 5) is 21.4. The second-order valence-electron chi connectivity index (χ2n) is 11.9. The third kappa shape index (κ3) is 5.10. The first-order valence-electron chi connectivity index (χ1n) is 14.6. The number of hydrogen-bond donors (Lipinski definition) is 1. The Hall–Kier alpha value is -3.66. The molecule has 10 heteroatoms. The van der Waals surface area contributed by atoms with Gasteiger partial charge in [-0.15, -0.1) is 0 Å². The van der Waals surface area contributed by atoms with E-state index in [0.717, 1.165) is 30.3 Å². The topological polar surface area (TPSA) is 70.2 Å². The van der Waals surface area contributed by atoms with Crippen LogP contribution in [0.25, 0.3) is 22.4 Å². The lowest BCUT2D eigenvalue weighted by Gasteiger charge is -2.41. The number of ether oxygens (including phenoxy) is 1. The first-order valence-corrected chi connectivity index (χ1v) is 14.6. The Bertz CT molecular complexity index is 1610. The highest BCUT2D eigenvalue weighted by Crippen LogP contribution is 2.42. The van der Waals surface area contributed by atoms with E-state index < -0.39 is 11.7 Å². The summed E-state index contributed by atoms with van der Waals surface area (Å²) in [5.41, 5.74) is 4.95. The van der Waals surface area contributed by atoms with E-state index in [9.17, 15) is 13.2 Å². The molecule has 4 aromatic rings. The molecule has 2 atom stereocenters. The van der Waals surface area contributed by atoms with Crippen LogP contribution in [-0.2, 0) is 23.9 Å². The van der Waals surface area contributed by atoms with Gasteiger partial charge in [-0.1, -0.05) is 26.0 Å². The lowest BCUT2D eigenvalue weighted by Crippen LogP contribution is -2.45. The van der Waals surface area contributed by atoms with Crippen molar-refractivity contribution in [3.05, 3.63) is 64.6 Å². The zero-order chi connectivity index (χ0) is 29.8. The second-order valence-corrected chi connectivity index (χ2v) is 11.9. The summed E-state index contributed by atoms with van der Waals surface area (Å²) in [5, 5.41) is 0.362. The van der Waals surface area contributed by atoms with Crippen LogP contribution in [0, 0.1) is 6.92 Å². The molecular formula is C32H37F3N6O. The van der Waals surface area contributed by atoms with Crippen molar-refractivity contribution in [2.75, 3.05) is 30.0 Å². The average Bonchev–Trinajstić information content (AvgIpc) is 3.44. The Morgan fingerprint density at radius 3 is 2.64 bits per heavy atom. The number of aromatic amines is 1. The average molecular weight is 579 g/mol. The zero-order valence-electron chi connectivity index (χ0n) is 24.7. The molecule has 6 rings (SSSR count). The summed E-state index contributed by atoms with van der Waals surface area (Å²) >= 11 is 0. The number of nitrogens with zero attached hydrogens (tertiary/aromatic N) is 5. The van der Waals surface area contributed by atoms with E-state index in [4.69, 9.17) is 14.7 Å².